The van der Waals surface area contributed by atoms with Crippen molar-refractivity contribution in [3.05, 3.63) is 76.4 Å². The summed E-state index contributed by atoms with van der Waals surface area (Å²) in [5, 5.41) is 9.27. The van der Waals surface area contributed by atoms with Gasteiger partial charge in [0.2, 0.25) is 0 Å². The van der Waals surface area contributed by atoms with Crippen LogP contribution in [0.25, 0.3) is 5.69 Å². The number of aromatic nitrogens is 2. The first-order valence-electron chi connectivity index (χ1n) is 8.46. The molecule has 0 spiro atoms. The lowest BCUT2D eigenvalue weighted by Gasteiger charge is -2.09. The van der Waals surface area contributed by atoms with Crippen LogP contribution in [0.2, 0.25) is 5.02 Å². The molecule has 0 radical (unpaired) electrons. The third-order valence-electron chi connectivity index (χ3n) is 4.50. The zero-order valence-corrected chi connectivity index (χ0v) is 14.3. The van der Waals surface area contributed by atoms with Crippen molar-refractivity contribution in [3.63, 3.8) is 0 Å². The summed E-state index contributed by atoms with van der Waals surface area (Å²) in [7, 11) is 0. The summed E-state index contributed by atoms with van der Waals surface area (Å²) in [6.07, 6.45) is 4.34. The Morgan fingerprint density at radius 2 is 1.79 bits per heavy atom. The summed E-state index contributed by atoms with van der Waals surface area (Å²) in [5.74, 6) is 1.14. The Hall–Kier alpha value is -2.26. The number of nitrogens with one attached hydrogen (secondary N) is 1. The zero-order chi connectivity index (χ0) is 16.4. The molecule has 0 fully saturated rings. The molecule has 0 unspecified atom stereocenters. The number of hydrogen-bond acceptors (Lipinski definition) is 2. The molecule has 1 N–H and O–H groups in total. The van der Waals surface area contributed by atoms with Gasteiger partial charge in [0.1, 0.15) is 5.82 Å². The average Bonchev–Trinajstić information content (AvgIpc) is 2.79. The normalized spacial score (nSPS) is 13.9. The molecule has 0 aliphatic carbocycles. The van der Waals surface area contributed by atoms with Crippen molar-refractivity contribution in [2.45, 2.75) is 25.7 Å². The van der Waals surface area contributed by atoms with Crippen LogP contribution in [0.3, 0.4) is 0 Å². The van der Waals surface area contributed by atoms with E-state index in [1.165, 1.54) is 29.7 Å². The van der Waals surface area contributed by atoms with Gasteiger partial charge in [0.25, 0.3) is 0 Å². The quantitative estimate of drug-likeness (QED) is 0.739. The van der Waals surface area contributed by atoms with Crippen LogP contribution in [0.5, 0.6) is 0 Å². The van der Waals surface area contributed by atoms with Gasteiger partial charge in [-0.15, -0.1) is 0 Å². The molecule has 24 heavy (non-hydrogen) atoms. The fourth-order valence-corrected chi connectivity index (χ4v) is 3.40. The highest BCUT2D eigenvalue weighted by atomic mass is 35.5. The molecule has 1 aliphatic rings. The minimum atomic E-state index is 0.745. The van der Waals surface area contributed by atoms with Crippen molar-refractivity contribution >= 4 is 17.4 Å². The fourth-order valence-electron chi connectivity index (χ4n) is 3.27. The van der Waals surface area contributed by atoms with Crippen molar-refractivity contribution in [2.24, 2.45) is 0 Å². The molecule has 3 nitrogen and oxygen atoms in total. The maximum absolute atomic E-state index is 6.04. The number of nitrogens with zero attached hydrogens (tertiary/aromatic N) is 2. The number of hydrogen-bond donors (Lipinski definition) is 1. The standard InChI is InChI=1S/C20H20ClN3/c21-16-9-11-17(12-10-16)24-20-18(8-4-5-13-22-20)19(23-24)14-15-6-2-1-3-7-15/h1-3,6-7,9-12,22H,4-5,8,13-14H2. The predicted octanol–water partition coefficient (Wildman–Crippen LogP) is 4.86. The van der Waals surface area contributed by atoms with Crippen LogP contribution in [0.4, 0.5) is 5.82 Å². The molecule has 3 aromatic rings. The van der Waals surface area contributed by atoms with Crippen LogP contribution in [-0.4, -0.2) is 16.3 Å². The molecule has 2 aromatic carbocycles. The number of rotatable bonds is 3. The Morgan fingerprint density at radius 3 is 2.58 bits per heavy atom. The molecular formula is C20H20ClN3. The Balaban J connectivity index is 1.78. The van der Waals surface area contributed by atoms with Crippen molar-refractivity contribution in [2.75, 3.05) is 11.9 Å². The van der Waals surface area contributed by atoms with E-state index in [0.29, 0.717) is 0 Å². The Kier molecular flexibility index (Phi) is 4.26. The molecule has 0 saturated carbocycles. The first kappa shape index (κ1) is 15.3. The molecule has 1 aliphatic heterocycles. The van der Waals surface area contributed by atoms with Crippen molar-refractivity contribution in [1.82, 2.24) is 9.78 Å². The average molecular weight is 338 g/mol. The summed E-state index contributed by atoms with van der Waals surface area (Å²) in [5.41, 5.74) is 4.86. The van der Waals surface area contributed by atoms with Crippen molar-refractivity contribution in [3.8, 4) is 5.69 Å². The lowest BCUT2D eigenvalue weighted by Crippen LogP contribution is -2.07. The number of halogens is 1. The Bertz CT molecular complexity index is 822. The summed E-state index contributed by atoms with van der Waals surface area (Å²) >= 11 is 6.04. The van der Waals surface area contributed by atoms with Crippen LogP contribution in [0, 0.1) is 0 Å². The first-order chi connectivity index (χ1) is 11.8. The lowest BCUT2D eigenvalue weighted by atomic mass is 10.0. The predicted molar refractivity (Wildman–Crippen MR) is 99.2 cm³/mol. The van der Waals surface area contributed by atoms with Gasteiger partial charge in [-0.1, -0.05) is 41.9 Å². The highest BCUT2D eigenvalue weighted by Crippen LogP contribution is 2.29. The maximum atomic E-state index is 6.04. The highest BCUT2D eigenvalue weighted by molar-refractivity contribution is 6.30. The third-order valence-corrected chi connectivity index (χ3v) is 4.75. The maximum Gasteiger partial charge on any atom is 0.133 e. The molecule has 4 rings (SSSR count). The monoisotopic (exact) mass is 337 g/mol. The van der Waals surface area contributed by atoms with Crippen LogP contribution >= 0.6 is 11.6 Å². The third kappa shape index (κ3) is 3.04. The molecule has 1 aromatic heterocycles. The second-order valence-corrected chi connectivity index (χ2v) is 6.64. The summed E-state index contributed by atoms with van der Waals surface area (Å²) in [6.45, 7) is 0.997. The second-order valence-electron chi connectivity index (χ2n) is 6.21. The molecule has 122 valence electrons. The first-order valence-corrected chi connectivity index (χ1v) is 8.83. The van der Waals surface area contributed by atoms with Gasteiger partial charge in [0.05, 0.1) is 11.4 Å². The van der Waals surface area contributed by atoms with Gasteiger partial charge in [-0.3, -0.25) is 0 Å². The Labute approximate surface area is 147 Å². The zero-order valence-electron chi connectivity index (χ0n) is 13.5. The second kappa shape index (κ2) is 6.70. The topological polar surface area (TPSA) is 29.9 Å². The van der Waals surface area contributed by atoms with Gasteiger partial charge in [-0.25, -0.2) is 4.68 Å². The lowest BCUT2D eigenvalue weighted by molar-refractivity contribution is 0.767. The van der Waals surface area contributed by atoms with E-state index in [9.17, 15) is 0 Å². The van der Waals surface area contributed by atoms with E-state index in [2.05, 4.69) is 35.6 Å². The van der Waals surface area contributed by atoms with Crippen molar-refractivity contribution in [1.29, 1.82) is 0 Å². The van der Waals surface area contributed by atoms with E-state index < -0.39 is 0 Å². The molecule has 0 amide bonds. The summed E-state index contributed by atoms with van der Waals surface area (Å²) in [4.78, 5) is 0. The van der Waals surface area contributed by atoms with Crippen LogP contribution in [0.15, 0.2) is 54.6 Å². The molecule has 0 atom stereocenters. The van der Waals surface area contributed by atoms with E-state index in [4.69, 9.17) is 16.7 Å². The number of anilines is 1. The number of benzene rings is 2. The van der Waals surface area contributed by atoms with E-state index in [1.54, 1.807) is 0 Å². The van der Waals surface area contributed by atoms with Crippen LogP contribution in [-0.2, 0) is 12.8 Å². The van der Waals surface area contributed by atoms with Gasteiger partial charge >= 0.3 is 0 Å². The van der Waals surface area contributed by atoms with Gasteiger partial charge < -0.3 is 5.32 Å². The fraction of sp³-hybridized carbons (Fsp3) is 0.250. The Morgan fingerprint density at radius 1 is 1.00 bits per heavy atom. The molecule has 0 saturated heterocycles. The van der Waals surface area contributed by atoms with Crippen molar-refractivity contribution < 1.29 is 0 Å². The molecule has 0 bridgehead atoms. The highest BCUT2D eigenvalue weighted by Gasteiger charge is 2.20. The largest absolute Gasteiger partial charge is 0.370 e. The number of fused-ring (bicyclic) bond motifs is 1. The molecule has 4 heteroatoms. The molecular weight excluding hydrogens is 318 g/mol. The van der Waals surface area contributed by atoms with Crippen LogP contribution in [0.1, 0.15) is 29.7 Å². The SMILES string of the molecule is Clc1ccc(-n2nc(Cc3ccccc3)c3c2NCCCC3)cc1. The van der Waals surface area contributed by atoms with E-state index in [-0.39, 0.29) is 0 Å². The van der Waals surface area contributed by atoms with Crippen LogP contribution < -0.4 is 5.32 Å². The minimum Gasteiger partial charge on any atom is -0.370 e. The summed E-state index contributed by atoms with van der Waals surface area (Å²) < 4.78 is 2.04. The van der Waals surface area contributed by atoms with E-state index in [1.807, 2.05) is 28.9 Å². The van der Waals surface area contributed by atoms with Gasteiger partial charge in [0, 0.05) is 23.6 Å². The minimum absolute atomic E-state index is 0.745. The van der Waals surface area contributed by atoms with Gasteiger partial charge in [-0.05, 0) is 49.1 Å². The van der Waals surface area contributed by atoms with Gasteiger partial charge in [-0.2, -0.15) is 5.10 Å². The van der Waals surface area contributed by atoms with Gasteiger partial charge in [0.15, 0.2) is 0 Å². The summed E-state index contributed by atoms with van der Waals surface area (Å²) in [6, 6.07) is 18.4. The smallest absolute Gasteiger partial charge is 0.133 e. The van der Waals surface area contributed by atoms with E-state index >= 15 is 0 Å². The molecule has 2 heterocycles. The van der Waals surface area contributed by atoms with E-state index in [0.717, 1.165) is 35.9 Å².